The number of tetrazole rings is 1. The Labute approximate surface area is 208 Å². The summed E-state index contributed by atoms with van der Waals surface area (Å²) >= 11 is 6.22. The molecule has 2 atom stereocenters. The lowest BCUT2D eigenvalue weighted by atomic mass is 10.1. The van der Waals surface area contributed by atoms with Gasteiger partial charge in [-0.2, -0.15) is 5.26 Å². The molecule has 2 aromatic heterocycles. The number of rotatable bonds is 12. The van der Waals surface area contributed by atoms with E-state index in [4.69, 9.17) is 26.8 Å². The molecule has 184 valence electrons. The van der Waals surface area contributed by atoms with E-state index < -0.39 is 23.5 Å². The fourth-order valence-electron chi connectivity index (χ4n) is 3.05. The number of amides is 1. The number of nitrogens with one attached hydrogen (secondary N) is 1. The summed E-state index contributed by atoms with van der Waals surface area (Å²) in [7, 11) is 0. The van der Waals surface area contributed by atoms with Gasteiger partial charge >= 0.3 is 0 Å². The average molecular weight is 499 g/mol. The predicted octanol–water partition coefficient (Wildman–Crippen LogP) is 2.37. The molecule has 0 aliphatic rings. The molecular weight excluding hydrogens is 472 g/mol. The first-order valence-corrected chi connectivity index (χ1v) is 11.3. The maximum absolute atomic E-state index is 12.7. The average Bonchev–Trinajstić information content (AvgIpc) is 3.32. The molecule has 0 unspecified atom stereocenters. The third-order valence-electron chi connectivity index (χ3n) is 4.95. The third-order valence-corrected chi connectivity index (χ3v) is 5.32. The van der Waals surface area contributed by atoms with Crippen LogP contribution in [0.5, 0.6) is 5.88 Å². The van der Waals surface area contributed by atoms with Gasteiger partial charge in [0, 0.05) is 17.3 Å². The van der Waals surface area contributed by atoms with Gasteiger partial charge in [0.1, 0.15) is 18.7 Å². The highest BCUT2D eigenvalue weighted by atomic mass is 35.5. The molecule has 0 saturated heterocycles. The second-order valence-electron chi connectivity index (χ2n) is 8.33. The van der Waals surface area contributed by atoms with Gasteiger partial charge in [-0.25, -0.2) is 9.67 Å². The normalized spacial score (nSPS) is 13.0. The van der Waals surface area contributed by atoms with Gasteiger partial charge in [0.05, 0.1) is 31.2 Å². The largest absolute Gasteiger partial charge is 0.475 e. The van der Waals surface area contributed by atoms with E-state index in [2.05, 4.69) is 31.9 Å². The summed E-state index contributed by atoms with van der Waals surface area (Å²) in [5.41, 5.74) is 5.63. The molecule has 3 rings (SSSR count). The van der Waals surface area contributed by atoms with E-state index in [1.807, 2.05) is 18.2 Å². The quantitative estimate of drug-likeness (QED) is 0.383. The van der Waals surface area contributed by atoms with Gasteiger partial charge in [0.15, 0.2) is 5.82 Å². The van der Waals surface area contributed by atoms with Crippen molar-refractivity contribution >= 4 is 17.5 Å². The number of benzene rings is 1. The molecule has 12 heteroatoms. The number of hydrogen-bond donors (Lipinski definition) is 2. The summed E-state index contributed by atoms with van der Waals surface area (Å²) in [6, 6.07) is 13.4. The number of nitriles is 1. The Morgan fingerprint density at radius 3 is 2.71 bits per heavy atom. The maximum atomic E-state index is 12.7. The first-order valence-electron chi connectivity index (χ1n) is 10.9. The van der Waals surface area contributed by atoms with Gasteiger partial charge in [-0.3, -0.25) is 4.79 Å². The Morgan fingerprint density at radius 2 is 2.03 bits per heavy atom. The van der Waals surface area contributed by atoms with Gasteiger partial charge in [0.25, 0.3) is 0 Å². The van der Waals surface area contributed by atoms with Crippen LogP contribution in [0.15, 0.2) is 48.7 Å². The standard InChI is InChI=1S/C23H27ClN8O3/c1-23(2,26)22(33)28-19(15-34-13-16-7-3-4-8-18(16)24)21-29-30-31-32(21)17(10-11-25)14-35-20-9-5-6-12-27-20/h3-9,12,17,19H,10,13-15,26H2,1-2H3,(H,28,33)/t17-,19-/m1/s1. The summed E-state index contributed by atoms with van der Waals surface area (Å²) in [6.45, 7) is 3.52. The molecular formula is C23H27ClN8O3. The van der Waals surface area contributed by atoms with Gasteiger partial charge in [-0.15, -0.1) is 5.10 Å². The number of pyridine rings is 1. The Morgan fingerprint density at radius 1 is 1.26 bits per heavy atom. The third kappa shape index (κ3) is 7.45. The Balaban J connectivity index is 1.80. The van der Waals surface area contributed by atoms with E-state index in [0.29, 0.717) is 16.7 Å². The smallest absolute Gasteiger partial charge is 0.240 e. The Hall–Kier alpha value is -3.59. The van der Waals surface area contributed by atoms with Crippen LogP contribution < -0.4 is 15.8 Å². The van der Waals surface area contributed by atoms with Gasteiger partial charge in [0.2, 0.25) is 11.8 Å². The van der Waals surface area contributed by atoms with Crippen LogP contribution in [0.25, 0.3) is 0 Å². The highest BCUT2D eigenvalue weighted by Crippen LogP contribution is 2.21. The molecule has 0 bridgehead atoms. The minimum atomic E-state index is -1.15. The molecule has 0 fully saturated rings. The van der Waals surface area contributed by atoms with Crippen LogP contribution in [-0.2, 0) is 16.1 Å². The molecule has 0 radical (unpaired) electrons. The SMILES string of the molecule is CC(C)(N)C(=O)N[C@H](COCc1ccccc1Cl)c1nnnn1[C@H](CC#N)COc1ccccn1. The molecule has 1 amide bonds. The van der Waals surface area contributed by atoms with Crippen molar-refractivity contribution in [2.24, 2.45) is 5.73 Å². The lowest BCUT2D eigenvalue weighted by Gasteiger charge is -2.25. The summed E-state index contributed by atoms with van der Waals surface area (Å²) < 4.78 is 13.1. The van der Waals surface area contributed by atoms with Crippen LogP contribution in [0.4, 0.5) is 0 Å². The molecule has 2 heterocycles. The first-order chi connectivity index (χ1) is 16.8. The first kappa shape index (κ1) is 26.0. The minimum Gasteiger partial charge on any atom is -0.475 e. The number of halogens is 1. The molecule has 0 aliphatic heterocycles. The van der Waals surface area contributed by atoms with Crippen LogP contribution in [0.3, 0.4) is 0 Å². The Kier molecular flexibility index (Phi) is 9.08. The zero-order chi connectivity index (χ0) is 25.3. The number of carbonyl (C=O) groups excluding carboxylic acids is 1. The van der Waals surface area contributed by atoms with E-state index in [1.54, 1.807) is 44.3 Å². The lowest BCUT2D eigenvalue weighted by Crippen LogP contribution is -2.51. The number of aromatic nitrogens is 5. The van der Waals surface area contributed by atoms with Gasteiger partial charge < -0.3 is 20.5 Å². The van der Waals surface area contributed by atoms with Crippen molar-refractivity contribution in [2.75, 3.05) is 13.2 Å². The van der Waals surface area contributed by atoms with Crippen molar-refractivity contribution in [1.29, 1.82) is 5.26 Å². The van der Waals surface area contributed by atoms with E-state index in [-0.39, 0.29) is 26.2 Å². The lowest BCUT2D eigenvalue weighted by molar-refractivity contribution is -0.126. The van der Waals surface area contributed by atoms with Crippen LogP contribution >= 0.6 is 11.6 Å². The van der Waals surface area contributed by atoms with E-state index in [0.717, 1.165) is 5.56 Å². The van der Waals surface area contributed by atoms with Crippen LogP contribution in [0.2, 0.25) is 5.02 Å². The number of hydrogen-bond acceptors (Lipinski definition) is 9. The van der Waals surface area contributed by atoms with Crippen molar-refractivity contribution in [3.05, 3.63) is 65.1 Å². The number of nitrogens with zero attached hydrogens (tertiary/aromatic N) is 6. The van der Waals surface area contributed by atoms with Crippen LogP contribution in [-0.4, -0.2) is 49.9 Å². The van der Waals surface area contributed by atoms with Crippen molar-refractivity contribution in [3.63, 3.8) is 0 Å². The van der Waals surface area contributed by atoms with Crippen molar-refractivity contribution < 1.29 is 14.3 Å². The zero-order valence-corrected chi connectivity index (χ0v) is 20.2. The number of nitrogens with two attached hydrogens (primary N) is 1. The number of ether oxygens (including phenoxy) is 2. The van der Waals surface area contributed by atoms with Crippen LogP contribution in [0, 0.1) is 11.3 Å². The summed E-state index contributed by atoms with van der Waals surface area (Å²) in [6.07, 6.45) is 1.67. The highest BCUT2D eigenvalue weighted by molar-refractivity contribution is 6.31. The van der Waals surface area contributed by atoms with Crippen molar-refractivity contribution in [2.45, 2.75) is 44.5 Å². The molecule has 35 heavy (non-hydrogen) atoms. The second-order valence-corrected chi connectivity index (χ2v) is 8.74. The van der Waals surface area contributed by atoms with E-state index in [1.165, 1.54) is 4.68 Å². The molecule has 3 N–H and O–H groups in total. The fourth-order valence-corrected chi connectivity index (χ4v) is 3.24. The molecule has 1 aromatic carbocycles. The monoisotopic (exact) mass is 498 g/mol. The van der Waals surface area contributed by atoms with Gasteiger partial charge in [-0.1, -0.05) is 35.9 Å². The van der Waals surface area contributed by atoms with Crippen LogP contribution in [0.1, 0.15) is 43.7 Å². The molecule has 0 aliphatic carbocycles. The number of carbonyl (C=O) groups is 1. The molecule has 3 aromatic rings. The van der Waals surface area contributed by atoms with E-state index in [9.17, 15) is 10.1 Å². The second kappa shape index (κ2) is 12.2. The van der Waals surface area contributed by atoms with Crippen molar-refractivity contribution in [1.82, 2.24) is 30.5 Å². The predicted molar refractivity (Wildman–Crippen MR) is 127 cm³/mol. The molecule has 0 saturated carbocycles. The highest BCUT2D eigenvalue weighted by Gasteiger charge is 2.30. The summed E-state index contributed by atoms with van der Waals surface area (Å²) in [4.78, 5) is 16.8. The fraction of sp³-hybridized carbons (Fsp3) is 0.391. The zero-order valence-electron chi connectivity index (χ0n) is 19.5. The summed E-state index contributed by atoms with van der Waals surface area (Å²) in [5.74, 6) is 0.287. The van der Waals surface area contributed by atoms with Gasteiger partial charge in [-0.05, 0) is 42.0 Å². The topological polar surface area (TPSA) is 154 Å². The van der Waals surface area contributed by atoms with Crippen molar-refractivity contribution in [3.8, 4) is 11.9 Å². The minimum absolute atomic E-state index is 0.0355. The Bertz CT molecular complexity index is 1140. The molecule has 11 nitrogen and oxygen atoms in total. The summed E-state index contributed by atoms with van der Waals surface area (Å²) in [5, 5.41) is 24.8. The maximum Gasteiger partial charge on any atom is 0.240 e. The molecule has 0 spiro atoms. The van der Waals surface area contributed by atoms with E-state index >= 15 is 0 Å².